The summed E-state index contributed by atoms with van der Waals surface area (Å²) in [6, 6.07) is 18.8. The zero-order valence-electron chi connectivity index (χ0n) is 18.6. The van der Waals surface area contributed by atoms with Gasteiger partial charge in [0.25, 0.3) is 5.91 Å². The number of amides is 2. The van der Waals surface area contributed by atoms with Crippen molar-refractivity contribution in [3.05, 3.63) is 94.1 Å². The lowest BCUT2D eigenvalue weighted by atomic mass is 10.2. The summed E-state index contributed by atoms with van der Waals surface area (Å²) >= 11 is 13.3. The maximum atomic E-state index is 13.3. The van der Waals surface area contributed by atoms with Gasteiger partial charge in [-0.2, -0.15) is 0 Å². The fourth-order valence-electron chi connectivity index (χ4n) is 3.28. The van der Waals surface area contributed by atoms with Crippen LogP contribution in [0.4, 0.5) is 24.5 Å². The molecule has 1 N–H and O–H groups in total. The molecule has 37 heavy (non-hydrogen) atoms. The van der Waals surface area contributed by atoms with Gasteiger partial charge in [-0.25, -0.2) is 4.99 Å². The van der Waals surface area contributed by atoms with E-state index in [0.717, 1.165) is 17.8 Å². The highest BCUT2D eigenvalue weighted by molar-refractivity contribution is 8.14. The highest BCUT2D eigenvalue weighted by atomic mass is 35.5. The van der Waals surface area contributed by atoms with Crippen LogP contribution in [0.25, 0.3) is 6.08 Å². The lowest BCUT2D eigenvalue weighted by Crippen LogP contribution is -2.31. The minimum atomic E-state index is -4.92. The van der Waals surface area contributed by atoms with Gasteiger partial charge in [-0.3, -0.25) is 14.5 Å². The second-order valence-electron chi connectivity index (χ2n) is 7.42. The van der Waals surface area contributed by atoms with E-state index in [0.29, 0.717) is 16.3 Å². The number of rotatable bonds is 6. The number of alkyl halides is 3. The van der Waals surface area contributed by atoms with Crippen LogP contribution < -0.4 is 15.0 Å². The van der Waals surface area contributed by atoms with Crippen molar-refractivity contribution in [3.8, 4) is 5.75 Å². The van der Waals surface area contributed by atoms with Crippen LogP contribution in [0.1, 0.15) is 5.56 Å². The predicted molar refractivity (Wildman–Crippen MR) is 140 cm³/mol. The van der Waals surface area contributed by atoms with E-state index in [9.17, 15) is 22.8 Å². The third-order valence-corrected chi connectivity index (χ3v) is 6.61. The lowest BCUT2D eigenvalue weighted by molar-refractivity contribution is -0.274. The average molecular weight is 566 g/mol. The Labute approximate surface area is 223 Å². The van der Waals surface area contributed by atoms with Crippen LogP contribution in [-0.2, 0) is 9.59 Å². The molecule has 1 aliphatic rings. The van der Waals surface area contributed by atoms with Crippen molar-refractivity contribution in [3.63, 3.8) is 0 Å². The van der Waals surface area contributed by atoms with Gasteiger partial charge in [-0.15, -0.1) is 13.2 Å². The SMILES string of the molecule is O=C(CSC1=N/C(=C/c2cccc(Cl)c2Cl)C(=O)N1c1ccccc1)Nc1ccccc1OC(F)(F)F. The van der Waals surface area contributed by atoms with Gasteiger partial charge in [0.15, 0.2) is 10.9 Å². The maximum Gasteiger partial charge on any atom is 0.573 e. The summed E-state index contributed by atoms with van der Waals surface area (Å²) in [4.78, 5) is 31.6. The van der Waals surface area contributed by atoms with Gasteiger partial charge < -0.3 is 10.1 Å². The Bertz CT molecular complexity index is 1400. The number of halogens is 5. The number of para-hydroxylation sites is 3. The molecule has 0 saturated heterocycles. The number of nitrogens with one attached hydrogen (secondary N) is 1. The number of carbonyl (C=O) groups is 2. The standard InChI is InChI=1S/C25H16Cl2F3N3O3S/c26-17-10-6-7-15(22(17)27)13-19-23(35)33(16-8-2-1-3-9-16)24(32-19)37-14-21(34)31-18-11-4-5-12-20(18)36-25(28,29)30/h1-13H,14H2,(H,31,34)/b19-13+. The van der Waals surface area contributed by atoms with E-state index >= 15 is 0 Å². The smallest absolute Gasteiger partial charge is 0.404 e. The van der Waals surface area contributed by atoms with Crippen LogP contribution in [-0.4, -0.2) is 29.1 Å². The maximum absolute atomic E-state index is 13.3. The number of nitrogens with zero attached hydrogens (tertiary/aromatic N) is 2. The molecule has 12 heteroatoms. The molecule has 1 aliphatic heterocycles. The average Bonchev–Trinajstić information content (AvgIpc) is 3.16. The number of aliphatic imine (C=N–C) groups is 1. The molecule has 0 spiro atoms. The van der Waals surface area contributed by atoms with Crippen molar-refractivity contribution in [2.45, 2.75) is 6.36 Å². The molecule has 0 bridgehead atoms. The Morgan fingerprint density at radius 1 is 1.03 bits per heavy atom. The molecule has 190 valence electrons. The summed E-state index contributed by atoms with van der Waals surface area (Å²) in [5, 5.41) is 3.17. The lowest BCUT2D eigenvalue weighted by Gasteiger charge is -2.18. The summed E-state index contributed by atoms with van der Waals surface area (Å²) < 4.78 is 42.0. The van der Waals surface area contributed by atoms with Crippen LogP contribution in [0.15, 0.2) is 83.5 Å². The second kappa shape index (κ2) is 11.3. The summed E-state index contributed by atoms with van der Waals surface area (Å²) in [7, 11) is 0. The van der Waals surface area contributed by atoms with E-state index < -0.39 is 23.9 Å². The van der Waals surface area contributed by atoms with Crippen LogP contribution in [0.5, 0.6) is 5.75 Å². The number of hydrogen-bond donors (Lipinski definition) is 1. The Hall–Kier alpha value is -3.47. The first kappa shape index (κ1) is 26.6. The molecule has 0 unspecified atom stereocenters. The number of hydrogen-bond acceptors (Lipinski definition) is 5. The molecule has 4 rings (SSSR count). The van der Waals surface area contributed by atoms with Gasteiger partial charge >= 0.3 is 6.36 Å². The van der Waals surface area contributed by atoms with E-state index in [-0.39, 0.29) is 27.3 Å². The number of thioether (sulfide) groups is 1. The molecule has 0 aromatic heterocycles. The minimum Gasteiger partial charge on any atom is -0.404 e. The highest BCUT2D eigenvalue weighted by Crippen LogP contribution is 2.33. The first-order valence-corrected chi connectivity index (χ1v) is 12.3. The van der Waals surface area contributed by atoms with Crippen LogP contribution in [0.2, 0.25) is 10.0 Å². The van der Waals surface area contributed by atoms with Gasteiger partial charge in [0.1, 0.15) is 5.70 Å². The monoisotopic (exact) mass is 565 g/mol. The first-order chi connectivity index (χ1) is 17.6. The summed E-state index contributed by atoms with van der Waals surface area (Å²) in [6.07, 6.45) is -3.43. The highest BCUT2D eigenvalue weighted by Gasteiger charge is 2.34. The summed E-state index contributed by atoms with van der Waals surface area (Å²) in [6.45, 7) is 0. The third kappa shape index (κ3) is 6.65. The number of ether oxygens (including phenoxy) is 1. The Kier molecular flexibility index (Phi) is 8.11. The molecule has 2 amide bonds. The van der Waals surface area contributed by atoms with Crippen molar-refractivity contribution in [1.82, 2.24) is 0 Å². The summed E-state index contributed by atoms with van der Waals surface area (Å²) in [5.41, 5.74) is 0.925. The molecule has 0 aliphatic carbocycles. The van der Waals surface area contributed by atoms with Gasteiger partial charge in [0, 0.05) is 0 Å². The Morgan fingerprint density at radius 3 is 2.46 bits per heavy atom. The number of amidine groups is 1. The number of benzene rings is 3. The molecule has 1 heterocycles. The molecule has 0 radical (unpaired) electrons. The molecule has 0 fully saturated rings. The summed E-state index contributed by atoms with van der Waals surface area (Å²) in [5.74, 6) is -1.87. The predicted octanol–water partition coefficient (Wildman–Crippen LogP) is 7.01. The van der Waals surface area contributed by atoms with Gasteiger partial charge in [-0.05, 0) is 42.0 Å². The molecule has 0 atom stereocenters. The zero-order valence-corrected chi connectivity index (χ0v) is 21.0. The van der Waals surface area contributed by atoms with Crippen LogP contribution in [0, 0.1) is 0 Å². The number of carbonyl (C=O) groups excluding carboxylic acids is 2. The van der Waals surface area contributed by atoms with Gasteiger partial charge in [0.05, 0.1) is 27.2 Å². The molecule has 3 aromatic rings. The van der Waals surface area contributed by atoms with Crippen molar-refractivity contribution in [1.29, 1.82) is 0 Å². The van der Waals surface area contributed by atoms with E-state index in [1.54, 1.807) is 48.5 Å². The van der Waals surface area contributed by atoms with Crippen LogP contribution >= 0.6 is 35.0 Å². The van der Waals surface area contributed by atoms with Gasteiger partial charge in [-0.1, -0.05) is 77.4 Å². The van der Waals surface area contributed by atoms with E-state index in [4.69, 9.17) is 23.2 Å². The molecule has 3 aromatic carbocycles. The quantitative estimate of drug-likeness (QED) is 0.326. The van der Waals surface area contributed by atoms with Crippen molar-refractivity contribution in [2.75, 3.05) is 16.0 Å². The van der Waals surface area contributed by atoms with E-state index in [1.807, 2.05) is 0 Å². The fourth-order valence-corrected chi connectivity index (χ4v) is 4.45. The molecular weight excluding hydrogens is 550 g/mol. The largest absolute Gasteiger partial charge is 0.573 e. The fraction of sp³-hybridized carbons (Fsp3) is 0.0800. The molecule has 6 nitrogen and oxygen atoms in total. The third-order valence-electron chi connectivity index (χ3n) is 4.84. The minimum absolute atomic E-state index is 0.0693. The molecule has 0 saturated carbocycles. The normalized spacial score (nSPS) is 14.6. The van der Waals surface area contributed by atoms with Crippen molar-refractivity contribution < 1.29 is 27.5 Å². The Balaban J connectivity index is 1.56. The molecular formula is C25H16Cl2F3N3O3S. The van der Waals surface area contributed by atoms with E-state index in [1.165, 1.54) is 29.2 Å². The zero-order chi connectivity index (χ0) is 26.6. The van der Waals surface area contributed by atoms with E-state index in [2.05, 4.69) is 15.0 Å². The number of anilines is 2. The van der Waals surface area contributed by atoms with Crippen molar-refractivity contribution in [2.24, 2.45) is 4.99 Å². The van der Waals surface area contributed by atoms with Gasteiger partial charge in [0.2, 0.25) is 5.91 Å². The first-order valence-electron chi connectivity index (χ1n) is 10.5. The topological polar surface area (TPSA) is 71.0 Å². The van der Waals surface area contributed by atoms with Crippen molar-refractivity contribution >= 4 is 69.4 Å². The van der Waals surface area contributed by atoms with Crippen LogP contribution in [0.3, 0.4) is 0 Å². The second-order valence-corrected chi connectivity index (χ2v) is 9.15. The Morgan fingerprint density at radius 2 is 1.73 bits per heavy atom.